The van der Waals surface area contributed by atoms with Crippen molar-refractivity contribution < 1.29 is 24.5 Å². The number of halogens is 1. The summed E-state index contributed by atoms with van der Waals surface area (Å²) in [6.45, 7) is 1.35. The van der Waals surface area contributed by atoms with E-state index in [9.17, 15) is 14.7 Å². The number of methoxy groups -OCH3 is 1. The zero-order valence-corrected chi connectivity index (χ0v) is 23.5. The predicted octanol–water partition coefficient (Wildman–Crippen LogP) is 4.88. The summed E-state index contributed by atoms with van der Waals surface area (Å²) in [5.41, 5.74) is 0.910. The smallest absolute Gasteiger partial charge is 0.404 e. The van der Waals surface area contributed by atoms with Gasteiger partial charge in [-0.2, -0.15) is 0 Å². The van der Waals surface area contributed by atoms with Gasteiger partial charge >= 0.3 is 6.09 Å². The number of nitrogens with one attached hydrogen (secondary N) is 2. The van der Waals surface area contributed by atoms with Gasteiger partial charge in [-0.1, -0.05) is 35.9 Å². The Balaban J connectivity index is 1.68. The average molecular weight is 558 g/mol. The van der Waals surface area contributed by atoms with E-state index in [2.05, 4.69) is 10.6 Å². The van der Waals surface area contributed by atoms with E-state index >= 15 is 0 Å². The van der Waals surface area contributed by atoms with Gasteiger partial charge in [-0.3, -0.25) is 4.79 Å². The Bertz CT molecular complexity index is 1160. The molecule has 4 rings (SSSR count). The number of ether oxygens (including phenoxy) is 1. The molecule has 1 saturated heterocycles. The van der Waals surface area contributed by atoms with Crippen LogP contribution >= 0.6 is 11.6 Å². The van der Waals surface area contributed by atoms with E-state index in [0.717, 1.165) is 43.2 Å². The Hall–Kier alpha value is -2.81. The first-order valence-corrected chi connectivity index (χ1v) is 14.2. The highest BCUT2D eigenvalue weighted by Gasteiger charge is 2.44. The molecule has 1 aliphatic heterocycles. The third-order valence-electron chi connectivity index (χ3n) is 8.45. The average Bonchev–Trinajstić information content (AvgIpc) is 3.44. The van der Waals surface area contributed by atoms with Gasteiger partial charge in [0.05, 0.1) is 12.7 Å². The van der Waals surface area contributed by atoms with Gasteiger partial charge < -0.3 is 30.5 Å². The lowest BCUT2D eigenvalue weighted by atomic mass is 9.72. The molecule has 1 aliphatic carbocycles. The molecule has 1 heterocycles. The fourth-order valence-electron chi connectivity index (χ4n) is 6.36. The number of amides is 2. The van der Waals surface area contributed by atoms with Gasteiger partial charge in [0, 0.05) is 48.1 Å². The van der Waals surface area contributed by atoms with Crippen LogP contribution < -0.4 is 15.4 Å². The SMILES string of the molecule is CN[C@H]1CC[C@@H](C(=O)N2CCCC(C(O)(CCCNC(=O)O)c3cccc(Cl)c3-c3cccc(OC)c3)C2)C1. The van der Waals surface area contributed by atoms with Crippen molar-refractivity contribution in [2.75, 3.05) is 33.8 Å². The van der Waals surface area contributed by atoms with Crippen molar-refractivity contribution in [3.05, 3.63) is 53.1 Å². The second kappa shape index (κ2) is 13.0. The van der Waals surface area contributed by atoms with Crippen LogP contribution in [0.4, 0.5) is 4.79 Å². The third kappa shape index (κ3) is 6.68. The highest BCUT2D eigenvalue weighted by Crippen LogP contribution is 2.46. The molecule has 212 valence electrons. The number of rotatable bonds is 10. The number of aliphatic hydroxyl groups is 1. The normalized spacial score (nSPS) is 22.8. The first kappa shape index (κ1) is 29.2. The van der Waals surface area contributed by atoms with Gasteiger partial charge in [0.25, 0.3) is 0 Å². The lowest BCUT2D eigenvalue weighted by molar-refractivity contribution is -0.140. The number of nitrogens with zero attached hydrogens (tertiary/aromatic N) is 1. The van der Waals surface area contributed by atoms with E-state index in [1.165, 1.54) is 0 Å². The minimum Gasteiger partial charge on any atom is -0.497 e. The van der Waals surface area contributed by atoms with Crippen molar-refractivity contribution in [3.63, 3.8) is 0 Å². The Morgan fingerprint density at radius 3 is 2.69 bits per heavy atom. The fourth-order valence-corrected chi connectivity index (χ4v) is 6.65. The maximum Gasteiger partial charge on any atom is 0.404 e. The number of hydrogen-bond acceptors (Lipinski definition) is 5. The molecule has 0 aromatic heterocycles. The fraction of sp³-hybridized carbons (Fsp3) is 0.533. The number of benzene rings is 2. The zero-order valence-electron chi connectivity index (χ0n) is 22.8. The van der Waals surface area contributed by atoms with E-state index in [0.29, 0.717) is 48.3 Å². The molecule has 2 amide bonds. The van der Waals surface area contributed by atoms with Crippen LogP contribution in [0.3, 0.4) is 0 Å². The molecule has 0 spiro atoms. The van der Waals surface area contributed by atoms with Gasteiger partial charge in [-0.25, -0.2) is 4.79 Å². The largest absolute Gasteiger partial charge is 0.497 e. The van der Waals surface area contributed by atoms with Crippen LogP contribution in [0.15, 0.2) is 42.5 Å². The topological polar surface area (TPSA) is 111 Å². The first-order chi connectivity index (χ1) is 18.8. The van der Waals surface area contributed by atoms with Crippen molar-refractivity contribution in [2.45, 2.75) is 56.6 Å². The predicted molar refractivity (Wildman–Crippen MR) is 152 cm³/mol. The monoisotopic (exact) mass is 557 g/mol. The van der Waals surface area contributed by atoms with Crippen LogP contribution in [0.1, 0.15) is 50.5 Å². The van der Waals surface area contributed by atoms with Crippen LogP contribution in [0, 0.1) is 11.8 Å². The van der Waals surface area contributed by atoms with Gasteiger partial charge in [-0.05, 0) is 81.3 Å². The highest BCUT2D eigenvalue weighted by molar-refractivity contribution is 6.33. The molecule has 1 saturated carbocycles. The molecule has 9 heteroatoms. The molecule has 8 nitrogen and oxygen atoms in total. The number of piperidine rings is 1. The standard InChI is InChI=1S/C30H40ClN3O5/c1-32-23-13-12-21(17-23)28(35)34-16-5-8-22(19-34)30(38,14-6-15-33-29(36)37)25-10-4-11-26(31)27(25)20-7-3-9-24(18-20)39-2/h3-4,7,9-11,18,21-23,32-33,38H,5-6,8,12-17,19H2,1-2H3,(H,36,37)/t21-,22?,23+,30?/m1/s1. The van der Waals surface area contributed by atoms with Crippen LogP contribution in [0.2, 0.25) is 5.02 Å². The number of likely N-dealkylation sites (tertiary alicyclic amines) is 1. The van der Waals surface area contributed by atoms with Crippen molar-refractivity contribution in [3.8, 4) is 16.9 Å². The Kier molecular flexibility index (Phi) is 9.75. The van der Waals surface area contributed by atoms with Crippen LogP contribution in [0.5, 0.6) is 5.75 Å². The number of carbonyl (C=O) groups is 2. The summed E-state index contributed by atoms with van der Waals surface area (Å²) in [7, 11) is 3.55. The van der Waals surface area contributed by atoms with E-state index < -0.39 is 11.7 Å². The number of carbonyl (C=O) groups excluding carboxylic acids is 1. The van der Waals surface area contributed by atoms with E-state index in [-0.39, 0.29) is 24.3 Å². The van der Waals surface area contributed by atoms with Gasteiger partial charge in [0.1, 0.15) is 5.75 Å². The summed E-state index contributed by atoms with van der Waals surface area (Å²) in [5.74, 6) is 0.627. The molecule has 39 heavy (non-hydrogen) atoms. The molecule has 4 atom stereocenters. The second-order valence-electron chi connectivity index (χ2n) is 10.8. The number of hydrogen-bond donors (Lipinski definition) is 4. The molecule has 2 fully saturated rings. The minimum absolute atomic E-state index is 0.00701. The lowest BCUT2D eigenvalue weighted by Crippen LogP contribution is -2.49. The summed E-state index contributed by atoms with van der Waals surface area (Å²) in [5, 5.41) is 27.9. The molecular formula is C30H40ClN3O5. The molecule has 2 unspecified atom stereocenters. The molecule has 0 radical (unpaired) electrons. The highest BCUT2D eigenvalue weighted by atomic mass is 35.5. The lowest BCUT2D eigenvalue weighted by Gasteiger charge is -2.44. The van der Waals surface area contributed by atoms with Crippen LogP contribution in [-0.2, 0) is 10.4 Å². The van der Waals surface area contributed by atoms with Crippen LogP contribution in [-0.4, -0.2) is 66.9 Å². The molecule has 2 aromatic rings. The zero-order chi connectivity index (χ0) is 28.0. The third-order valence-corrected chi connectivity index (χ3v) is 8.76. The molecule has 0 bridgehead atoms. The van der Waals surface area contributed by atoms with Crippen molar-refractivity contribution in [1.29, 1.82) is 0 Å². The van der Waals surface area contributed by atoms with Crippen molar-refractivity contribution in [1.82, 2.24) is 15.5 Å². The first-order valence-electron chi connectivity index (χ1n) is 13.9. The summed E-state index contributed by atoms with van der Waals surface area (Å²) >= 11 is 6.79. The van der Waals surface area contributed by atoms with E-state index in [1.54, 1.807) is 13.2 Å². The van der Waals surface area contributed by atoms with E-state index in [4.69, 9.17) is 21.4 Å². The maximum absolute atomic E-state index is 13.5. The molecule has 2 aromatic carbocycles. The maximum atomic E-state index is 13.5. The van der Waals surface area contributed by atoms with Crippen molar-refractivity contribution >= 4 is 23.6 Å². The van der Waals surface area contributed by atoms with Crippen molar-refractivity contribution in [2.24, 2.45) is 11.8 Å². The number of carboxylic acid groups (broad SMARTS) is 1. The quantitative estimate of drug-likeness (QED) is 0.310. The van der Waals surface area contributed by atoms with Gasteiger partial charge in [0.2, 0.25) is 5.91 Å². The molecule has 4 N–H and O–H groups in total. The molecular weight excluding hydrogens is 518 g/mol. The van der Waals surface area contributed by atoms with E-state index in [1.807, 2.05) is 48.3 Å². The van der Waals surface area contributed by atoms with Crippen LogP contribution in [0.25, 0.3) is 11.1 Å². The molecule has 2 aliphatic rings. The van der Waals surface area contributed by atoms with Gasteiger partial charge in [-0.15, -0.1) is 0 Å². The summed E-state index contributed by atoms with van der Waals surface area (Å²) in [4.78, 5) is 26.5. The Labute approximate surface area is 235 Å². The Morgan fingerprint density at radius 1 is 1.18 bits per heavy atom. The summed E-state index contributed by atoms with van der Waals surface area (Å²) in [6, 6.07) is 13.5. The second-order valence-corrected chi connectivity index (χ2v) is 11.2. The summed E-state index contributed by atoms with van der Waals surface area (Å²) in [6.07, 6.45) is 3.93. The van der Waals surface area contributed by atoms with Gasteiger partial charge in [0.15, 0.2) is 0 Å². The summed E-state index contributed by atoms with van der Waals surface area (Å²) < 4.78 is 5.45. The Morgan fingerprint density at radius 2 is 1.97 bits per heavy atom. The minimum atomic E-state index is -1.33.